The first-order valence-electron chi connectivity index (χ1n) is 7.82. The van der Waals surface area contributed by atoms with Gasteiger partial charge in [0.2, 0.25) is 0 Å². The summed E-state index contributed by atoms with van der Waals surface area (Å²) < 4.78 is 7.32. The van der Waals surface area contributed by atoms with E-state index in [2.05, 4.69) is 10.4 Å². The number of hydrogen-bond acceptors (Lipinski definition) is 3. The smallest absolute Gasteiger partial charge is 0.254 e. The zero-order valence-electron chi connectivity index (χ0n) is 13.5. The SMILES string of the molecule is Cc1c(C(=O)NCCOc2ccccc2)cnn1-c1ccccc1. The summed E-state index contributed by atoms with van der Waals surface area (Å²) in [7, 11) is 0. The van der Waals surface area contributed by atoms with Crippen molar-refractivity contribution >= 4 is 5.91 Å². The van der Waals surface area contributed by atoms with E-state index in [0.29, 0.717) is 18.7 Å². The molecule has 3 aromatic rings. The van der Waals surface area contributed by atoms with Crippen LogP contribution in [0.4, 0.5) is 0 Å². The highest BCUT2D eigenvalue weighted by Gasteiger charge is 2.14. The second-order valence-electron chi connectivity index (χ2n) is 5.31. The molecular formula is C19H19N3O2. The second-order valence-corrected chi connectivity index (χ2v) is 5.31. The van der Waals surface area contributed by atoms with Gasteiger partial charge in [-0.3, -0.25) is 4.79 Å². The summed E-state index contributed by atoms with van der Waals surface area (Å²) in [4.78, 5) is 12.3. The first kappa shape index (κ1) is 15.8. The van der Waals surface area contributed by atoms with Gasteiger partial charge in [-0.2, -0.15) is 5.10 Å². The highest BCUT2D eigenvalue weighted by atomic mass is 16.5. The van der Waals surface area contributed by atoms with Crippen LogP contribution >= 0.6 is 0 Å². The Balaban J connectivity index is 1.57. The van der Waals surface area contributed by atoms with E-state index >= 15 is 0 Å². The quantitative estimate of drug-likeness (QED) is 0.710. The van der Waals surface area contributed by atoms with E-state index in [1.54, 1.807) is 10.9 Å². The van der Waals surface area contributed by atoms with Gasteiger partial charge >= 0.3 is 0 Å². The molecule has 0 aliphatic carbocycles. The van der Waals surface area contributed by atoms with Gasteiger partial charge in [-0.1, -0.05) is 36.4 Å². The van der Waals surface area contributed by atoms with E-state index in [0.717, 1.165) is 17.1 Å². The summed E-state index contributed by atoms with van der Waals surface area (Å²) in [5.41, 5.74) is 2.31. The summed E-state index contributed by atoms with van der Waals surface area (Å²) in [6, 6.07) is 19.3. The maximum absolute atomic E-state index is 12.3. The Morgan fingerprint density at radius 3 is 2.46 bits per heavy atom. The number of benzene rings is 2. The largest absolute Gasteiger partial charge is 0.492 e. The minimum absolute atomic E-state index is 0.147. The molecule has 1 amide bonds. The molecule has 0 saturated heterocycles. The molecular weight excluding hydrogens is 302 g/mol. The number of carbonyl (C=O) groups excluding carboxylic acids is 1. The Labute approximate surface area is 140 Å². The van der Waals surface area contributed by atoms with E-state index in [4.69, 9.17) is 4.74 Å². The monoisotopic (exact) mass is 321 g/mol. The van der Waals surface area contributed by atoms with Crippen molar-refractivity contribution in [1.29, 1.82) is 0 Å². The van der Waals surface area contributed by atoms with E-state index in [1.165, 1.54) is 0 Å². The summed E-state index contributed by atoms with van der Waals surface area (Å²) >= 11 is 0. The van der Waals surface area contributed by atoms with Crippen molar-refractivity contribution in [2.75, 3.05) is 13.2 Å². The Bertz CT molecular complexity index is 798. The number of nitrogens with one attached hydrogen (secondary N) is 1. The first-order chi connectivity index (χ1) is 11.8. The van der Waals surface area contributed by atoms with Crippen molar-refractivity contribution < 1.29 is 9.53 Å². The van der Waals surface area contributed by atoms with Gasteiger partial charge in [0.1, 0.15) is 12.4 Å². The van der Waals surface area contributed by atoms with Gasteiger partial charge in [-0.25, -0.2) is 4.68 Å². The van der Waals surface area contributed by atoms with Gasteiger partial charge in [0.25, 0.3) is 5.91 Å². The van der Waals surface area contributed by atoms with Crippen molar-refractivity contribution in [3.8, 4) is 11.4 Å². The lowest BCUT2D eigenvalue weighted by atomic mass is 10.2. The van der Waals surface area contributed by atoms with Crippen molar-refractivity contribution in [1.82, 2.24) is 15.1 Å². The summed E-state index contributed by atoms with van der Waals surface area (Å²) in [5, 5.41) is 7.17. The van der Waals surface area contributed by atoms with Crippen LogP contribution < -0.4 is 10.1 Å². The molecule has 3 rings (SSSR count). The maximum Gasteiger partial charge on any atom is 0.254 e. The van der Waals surface area contributed by atoms with Gasteiger partial charge < -0.3 is 10.1 Å². The first-order valence-corrected chi connectivity index (χ1v) is 7.82. The molecule has 0 unspecified atom stereocenters. The molecule has 1 aromatic heterocycles. The molecule has 0 saturated carbocycles. The highest BCUT2D eigenvalue weighted by molar-refractivity contribution is 5.95. The standard InChI is InChI=1S/C19H19N3O2/c1-15-18(14-21-22(15)16-8-4-2-5-9-16)19(23)20-12-13-24-17-10-6-3-7-11-17/h2-11,14H,12-13H2,1H3,(H,20,23). The number of ether oxygens (including phenoxy) is 1. The van der Waals surface area contributed by atoms with Gasteiger partial charge in [0.05, 0.1) is 29.7 Å². The molecule has 0 bridgehead atoms. The lowest BCUT2D eigenvalue weighted by molar-refractivity contribution is 0.0946. The van der Waals surface area contributed by atoms with Crippen LogP contribution in [0.1, 0.15) is 16.1 Å². The van der Waals surface area contributed by atoms with Gasteiger partial charge in [0, 0.05) is 0 Å². The molecule has 1 heterocycles. The summed E-state index contributed by atoms with van der Waals surface area (Å²) in [6.45, 7) is 2.74. The molecule has 0 aliphatic rings. The second kappa shape index (κ2) is 7.46. The summed E-state index contributed by atoms with van der Waals surface area (Å²) in [6.07, 6.45) is 1.59. The van der Waals surface area contributed by atoms with Gasteiger partial charge in [-0.05, 0) is 31.2 Å². The molecule has 5 nitrogen and oxygen atoms in total. The Morgan fingerprint density at radius 2 is 1.75 bits per heavy atom. The lowest BCUT2D eigenvalue weighted by Gasteiger charge is -2.08. The number of hydrogen-bond donors (Lipinski definition) is 1. The van der Waals surface area contributed by atoms with Crippen molar-refractivity contribution in [3.63, 3.8) is 0 Å². The van der Waals surface area contributed by atoms with Crippen LogP contribution in [0.15, 0.2) is 66.9 Å². The minimum Gasteiger partial charge on any atom is -0.492 e. The Morgan fingerprint density at radius 1 is 1.08 bits per heavy atom. The third kappa shape index (κ3) is 3.63. The normalized spacial score (nSPS) is 10.4. The van der Waals surface area contributed by atoms with Crippen LogP contribution in [0, 0.1) is 6.92 Å². The van der Waals surface area contributed by atoms with E-state index in [9.17, 15) is 4.79 Å². The third-order valence-corrected chi connectivity index (χ3v) is 3.65. The Hall–Kier alpha value is -3.08. The minimum atomic E-state index is -0.147. The van der Waals surface area contributed by atoms with Crippen LogP contribution in [-0.2, 0) is 0 Å². The van der Waals surface area contributed by atoms with Gasteiger partial charge in [0.15, 0.2) is 0 Å². The predicted molar refractivity (Wildman–Crippen MR) is 92.6 cm³/mol. The average Bonchev–Trinajstić information content (AvgIpc) is 3.02. The molecule has 5 heteroatoms. The van der Waals surface area contributed by atoms with Crippen molar-refractivity contribution in [2.24, 2.45) is 0 Å². The maximum atomic E-state index is 12.3. The number of carbonyl (C=O) groups is 1. The van der Waals surface area contributed by atoms with Crippen molar-refractivity contribution in [3.05, 3.63) is 78.1 Å². The molecule has 0 aliphatic heterocycles. The molecule has 2 aromatic carbocycles. The number of amides is 1. The zero-order valence-corrected chi connectivity index (χ0v) is 13.5. The topological polar surface area (TPSA) is 56.1 Å². The number of nitrogens with zero attached hydrogens (tertiary/aromatic N) is 2. The fourth-order valence-corrected chi connectivity index (χ4v) is 2.41. The van der Waals surface area contributed by atoms with E-state index < -0.39 is 0 Å². The van der Waals surface area contributed by atoms with Gasteiger partial charge in [-0.15, -0.1) is 0 Å². The fourth-order valence-electron chi connectivity index (χ4n) is 2.41. The molecule has 0 atom stereocenters. The van der Waals surface area contributed by atoms with Crippen LogP contribution in [0.5, 0.6) is 5.75 Å². The number of para-hydroxylation sites is 2. The van der Waals surface area contributed by atoms with E-state index in [1.807, 2.05) is 67.6 Å². The number of rotatable bonds is 6. The average molecular weight is 321 g/mol. The fraction of sp³-hybridized carbons (Fsp3) is 0.158. The highest BCUT2D eigenvalue weighted by Crippen LogP contribution is 2.13. The van der Waals surface area contributed by atoms with E-state index in [-0.39, 0.29) is 5.91 Å². The summed E-state index contributed by atoms with van der Waals surface area (Å²) in [5.74, 6) is 0.645. The van der Waals surface area contributed by atoms with Crippen LogP contribution in [0.3, 0.4) is 0 Å². The van der Waals surface area contributed by atoms with Crippen LogP contribution in [0.25, 0.3) is 5.69 Å². The molecule has 0 spiro atoms. The lowest BCUT2D eigenvalue weighted by Crippen LogP contribution is -2.28. The molecule has 0 fully saturated rings. The van der Waals surface area contributed by atoms with Crippen LogP contribution in [0.2, 0.25) is 0 Å². The molecule has 122 valence electrons. The zero-order chi connectivity index (χ0) is 16.8. The molecule has 0 radical (unpaired) electrons. The Kier molecular flexibility index (Phi) is 4.91. The molecule has 1 N–H and O–H groups in total. The predicted octanol–water partition coefficient (Wildman–Crippen LogP) is 2.99. The molecule has 24 heavy (non-hydrogen) atoms. The number of aromatic nitrogens is 2. The van der Waals surface area contributed by atoms with Crippen LogP contribution in [-0.4, -0.2) is 28.8 Å². The van der Waals surface area contributed by atoms with Crippen molar-refractivity contribution in [2.45, 2.75) is 6.92 Å². The third-order valence-electron chi connectivity index (χ3n) is 3.65.